The molecule has 0 aliphatic rings. The molecule has 2 aromatic rings. The Bertz CT molecular complexity index is 468. The maximum Gasteiger partial charge on any atom is 0.124 e. The highest BCUT2D eigenvalue weighted by atomic mass is 32.2. The van der Waals surface area contributed by atoms with Crippen LogP contribution in [0.3, 0.4) is 0 Å². The monoisotopic (exact) mass is 267 g/mol. The summed E-state index contributed by atoms with van der Waals surface area (Å²) in [5, 5.41) is 4.31. The van der Waals surface area contributed by atoms with Gasteiger partial charge in [0.15, 0.2) is 0 Å². The van der Waals surface area contributed by atoms with Gasteiger partial charge in [-0.2, -0.15) is 11.3 Å². The predicted octanol–water partition coefficient (Wildman–Crippen LogP) is 4.07. The van der Waals surface area contributed by atoms with E-state index in [2.05, 4.69) is 11.4 Å². The highest BCUT2D eigenvalue weighted by Crippen LogP contribution is 2.38. The minimum Gasteiger partial charge on any atom is -0.327 e. The van der Waals surface area contributed by atoms with Crippen LogP contribution in [0.1, 0.15) is 17.7 Å². The zero-order valence-corrected chi connectivity index (χ0v) is 11.1. The standard InChI is InChI=1S/C13H14FNS2/c1-9(15)13(10-5-6-16-8-10)17-12-4-2-3-11(14)7-12/h2-9,13H,15H2,1H3. The molecule has 0 bridgehead atoms. The fourth-order valence-electron chi connectivity index (χ4n) is 1.60. The Labute approximate surface area is 109 Å². The van der Waals surface area contributed by atoms with Gasteiger partial charge < -0.3 is 5.73 Å². The number of hydrogen-bond acceptors (Lipinski definition) is 3. The molecule has 1 nitrogen and oxygen atoms in total. The summed E-state index contributed by atoms with van der Waals surface area (Å²) in [5.41, 5.74) is 7.21. The molecule has 2 atom stereocenters. The first-order valence-electron chi connectivity index (χ1n) is 5.36. The number of thioether (sulfide) groups is 1. The molecule has 0 aliphatic heterocycles. The third-order valence-electron chi connectivity index (χ3n) is 2.41. The van der Waals surface area contributed by atoms with Gasteiger partial charge in [0.1, 0.15) is 5.82 Å². The van der Waals surface area contributed by atoms with Gasteiger partial charge in [-0.1, -0.05) is 6.07 Å². The molecule has 0 saturated heterocycles. The fraction of sp³-hybridized carbons (Fsp3) is 0.231. The van der Waals surface area contributed by atoms with Crippen LogP contribution in [0, 0.1) is 5.82 Å². The zero-order valence-electron chi connectivity index (χ0n) is 9.47. The maximum absolute atomic E-state index is 13.1. The lowest BCUT2D eigenvalue weighted by atomic mass is 10.1. The van der Waals surface area contributed by atoms with Crippen molar-refractivity contribution in [1.29, 1.82) is 0 Å². The molecule has 0 amide bonds. The Hall–Kier alpha value is -0.840. The van der Waals surface area contributed by atoms with E-state index in [1.165, 1.54) is 11.6 Å². The van der Waals surface area contributed by atoms with Crippen LogP contribution < -0.4 is 5.73 Å². The fourth-order valence-corrected chi connectivity index (χ4v) is 3.51. The Balaban J connectivity index is 2.19. The molecule has 0 aliphatic carbocycles. The summed E-state index contributed by atoms with van der Waals surface area (Å²) in [5.74, 6) is -0.205. The summed E-state index contributed by atoms with van der Waals surface area (Å²) in [6, 6.07) is 8.74. The average Bonchev–Trinajstić information content (AvgIpc) is 2.78. The van der Waals surface area contributed by atoms with Gasteiger partial charge in [0.05, 0.1) is 5.25 Å². The molecule has 2 unspecified atom stereocenters. The van der Waals surface area contributed by atoms with Gasteiger partial charge in [-0.05, 0) is 47.5 Å². The molecule has 1 aromatic heterocycles. The molecular formula is C13H14FNS2. The third kappa shape index (κ3) is 3.31. The first-order chi connectivity index (χ1) is 8.16. The second-order valence-electron chi connectivity index (χ2n) is 3.91. The van der Waals surface area contributed by atoms with Crippen LogP contribution in [0.5, 0.6) is 0 Å². The predicted molar refractivity (Wildman–Crippen MR) is 73.0 cm³/mol. The van der Waals surface area contributed by atoms with E-state index in [-0.39, 0.29) is 17.1 Å². The molecule has 0 saturated carbocycles. The van der Waals surface area contributed by atoms with E-state index in [1.54, 1.807) is 35.2 Å². The number of halogens is 1. The summed E-state index contributed by atoms with van der Waals surface area (Å²) in [6.07, 6.45) is 0. The van der Waals surface area contributed by atoms with Crippen molar-refractivity contribution in [3.63, 3.8) is 0 Å². The molecule has 4 heteroatoms. The first kappa shape index (κ1) is 12.6. The van der Waals surface area contributed by atoms with Gasteiger partial charge in [-0.15, -0.1) is 11.8 Å². The molecule has 0 spiro atoms. The van der Waals surface area contributed by atoms with Gasteiger partial charge in [0.25, 0.3) is 0 Å². The Morgan fingerprint density at radius 1 is 1.35 bits per heavy atom. The minimum atomic E-state index is -0.205. The van der Waals surface area contributed by atoms with Gasteiger partial charge in [0, 0.05) is 10.9 Å². The number of thiophene rings is 1. The Morgan fingerprint density at radius 2 is 2.18 bits per heavy atom. The van der Waals surface area contributed by atoms with Gasteiger partial charge >= 0.3 is 0 Å². The van der Waals surface area contributed by atoms with Gasteiger partial charge in [-0.3, -0.25) is 0 Å². The molecule has 90 valence electrons. The van der Waals surface area contributed by atoms with Crippen LogP contribution >= 0.6 is 23.1 Å². The van der Waals surface area contributed by atoms with Crippen molar-refractivity contribution in [2.24, 2.45) is 5.73 Å². The molecule has 1 heterocycles. The van der Waals surface area contributed by atoms with E-state index < -0.39 is 0 Å². The quantitative estimate of drug-likeness (QED) is 0.845. The van der Waals surface area contributed by atoms with Crippen molar-refractivity contribution < 1.29 is 4.39 Å². The van der Waals surface area contributed by atoms with Crippen LogP contribution in [-0.2, 0) is 0 Å². The topological polar surface area (TPSA) is 26.0 Å². The van der Waals surface area contributed by atoms with Crippen molar-refractivity contribution in [3.05, 3.63) is 52.5 Å². The molecule has 1 aromatic carbocycles. The van der Waals surface area contributed by atoms with Crippen molar-refractivity contribution in [2.45, 2.75) is 23.1 Å². The second kappa shape index (κ2) is 5.67. The summed E-state index contributed by atoms with van der Waals surface area (Å²) >= 11 is 3.27. The summed E-state index contributed by atoms with van der Waals surface area (Å²) in [6.45, 7) is 1.98. The van der Waals surface area contributed by atoms with Gasteiger partial charge in [-0.25, -0.2) is 4.39 Å². The van der Waals surface area contributed by atoms with E-state index in [0.717, 1.165) is 4.90 Å². The van der Waals surface area contributed by atoms with Gasteiger partial charge in [0.2, 0.25) is 0 Å². The van der Waals surface area contributed by atoms with Crippen molar-refractivity contribution in [1.82, 2.24) is 0 Å². The Kier molecular flexibility index (Phi) is 4.20. The van der Waals surface area contributed by atoms with Crippen LogP contribution in [0.25, 0.3) is 0 Å². The van der Waals surface area contributed by atoms with Crippen molar-refractivity contribution >= 4 is 23.1 Å². The van der Waals surface area contributed by atoms with Crippen molar-refractivity contribution in [3.8, 4) is 0 Å². The van der Waals surface area contributed by atoms with E-state index in [1.807, 2.05) is 18.4 Å². The molecule has 17 heavy (non-hydrogen) atoms. The number of nitrogens with two attached hydrogens (primary N) is 1. The highest BCUT2D eigenvalue weighted by Gasteiger charge is 2.18. The van der Waals surface area contributed by atoms with E-state index in [4.69, 9.17) is 5.73 Å². The largest absolute Gasteiger partial charge is 0.327 e. The second-order valence-corrected chi connectivity index (χ2v) is 5.91. The summed E-state index contributed by atoms with van der Waals surface area (Å²) in [4.78, 5) is 0.915. The number of hydrogen-bond donors (Lipinski definition) is 1. The minimum absolute atomic E-state index is 0.0258. The van der Waals surface area contributed by atoms with E-state index in [0.29, 0.717) is 0 Å². The van der Waals surface area contributed by atoms with Crippen LogP contribution in [-0.4, -0.2) is 6.04 Å². The highest BCUT2D eigenvalue weighted by molar-refractivity contribution is 7.99. The Morgan fingerprint density at radius 3 is 2.76 bits per heavy atom. The number of rotatable bonds is 4. The van der Waals surface area contributed by atoms with E-state index in [9.17, 15) is 4.39 Å². The lowest BCUT2D eigenvalue weighted by molar-refractivity contribution is 0.624. The SMILES string of the molecule is CC(N)C(Sc1cccc(F)c1)c1ccsc1. The van der Waals surface area contributed by atoms with Crippen LogP contribution in [0.4, 0.5) is 4.39 Å². The van der Waals surface area contributed by atoms with E-state index >= 15 is 0 Å². The average molecular weight is 267 g/mol. The molecule has 2 rings (SSSR count). The third-order valence-corrected chi connectivity index (χ3v) is 4.59. The van der Waals surface area contributed by atoms with Crippen LogP contribution in [0.2, 0.25) is 0 Å². The van der Waals surface area contributed by atoms with Crippen molar-refractivity contribution in [2.75, 3.05) is 0 Å². The molecule has 0 fully saturated rings. The lowest BCUT2D eigenvalue weighted by Gasteiger charge is -2.19. The molecule has 0 radical (unpaired) electrons. The number of benzene rings is 1. The normalized spacial score (nSPS) is 14.5. The zero-order chi connectivity index (χ0) is 12.3. The molecule has 2 N–H and O–H groups in total. The first-order valence-corrected chi connectivity index (χ1v) is 7.19. The maximum atomic E-state index is 13.1. The molecular weight excluding hydrogens is 253 g/mol. The lowest BCUT2D eigenvalue weighted by Crippen LogP contribution is -2.22. The smallest absolute Gasteiger partial charge is 0.124 e. The summed E-state index contributed by atoms with van der Waals surface area (Å²) < 4.78 is 13.1. The summed E-state index contributed by atoms with van der Waals surface area (Å²) in [7, 11) is 0. The van der Waals surface area contributed by atoms with Crippen LogP contribution in [0.15, 0.2) is 46.0 Å².